The van der Waals surface area contributed by atoms with Gasteiger partial charge in [0.2, 0.25) is 0 Å². The van der Waals surface area contributed by atoms with Gasteiger partial charge in [0.05, 0.1) is 17.0 Å². The molecular formula is C13H10FN3S. The van der Waals surface area contributed by atoms with E-state index in [1.54, 1.807) is 30.5 Å². The summed E-state index contributed by atoms with van der Waals surface area (Å²) in [5.41, 5.74) is 1.65. The summed E-state index contributed by atoms with van der Waals surface area (Å²) in [5, 5.41) is 5.41. The molecule has 0 spiro atoms. The maximum absolute atomic E-state index is 12.7. The van der Waals surface area contributed by atoms with Crippen molar-refractivity contribution < 1.29 is 4.39 Å². The van der Waals surface area contributed by atoms with E-state index in [1.165, 1.54) is 12.1 Å². The average molecular weight is 259 g/mol. The number of nitrogens with zero attached hydrogens (tertiary/aromatic N) is 2. The summed E-state index contributed by atoms with van der Waals surface area (Å²) < 4.78 is 12.7. The van der Waals surface area contributed by atoms with Gasteiger partial charge < -0.3 is 5.32 Å². The lowest BCUT2D eigenvalue weighted by molar-refractivity contribution is 0.627. The van der Waals surface area contributed by atoms with Crippen LogP contribution in [0, 0.1) is 5.82 Å². The number of pyridine rings is 1. The Kier molecular flexibility index (Phi) is 4.12. The number of thiocarbonyl (C=S) groups is 1. The molecule has 0 unspecified atom stereocenters. The van der Waals surface area contributed by atoms with Gasteiger partial charge in [-0.25, -0.2) is 9.37 Å². The van der Waals surface area contributed by atoms with Gasteiger partial charge >= 0.3 is 0 Å². The molecule has 18 heavy (non-hydrogen) atoms. The van der Waals surface area contributed by atoms with Gasteiger partial charge in [-0.05, 0) is 42.0 Å². The van der Waals surface area contributed by atoms with Crippen molar-refractivity contribution in [2.75, 3.05) is 5.32 Å². The first-order valence-electron chi connectivity index (χ1n) is 5.30. The molecule has 0 aliphatic heterocycles. The number of rotatable bonds is 4. The SMILES string of the molecule is Fc1ccc(CNc2ccc(N=C=S)cn2)cc1. The van der Waals surface area contributed by atoms with Gasteiger partial charge in [0.15, 0.2) is 0 Å². The number of aliphatic imine (C=N–C) groups is 1. The minimum Gasteiger partial charge on any atom is -0.366 e. The first kappa shape index (κ1) is 12.4. The number of benzene rings is 1. The second kappa shape index (κ2) is 6.00. The first-order valence-corrected chi connectivity index (χ1v) is 5.71. The van der Waals surface area contributed by atoms with Crippen LogP contribution >= 0.6 is 12.2 Å². The van der Waals surface area contributed by atoms with Gasteiger partial charge in [0, 0.05) is 6.54 Å². The first-order chi connectivity index (χ1) is 8.78. The second-order valence-corrected chi connectivity index (χ2v) is 3.77. The molecule has 5 heteroatoms. The number of aromatic nitrogens is 1. The molecule has 0 aliphatic rings. The number of anilines is 1. The number of nitrogens with one attached hydrogen (secondary N) is 1. The highest BCUT2D eigenvalue weighted by molar-refractivity contribution is 7.78. The van der Waals surface area contributed by atoms with Crippen molar-refractivity contribution >= 4 is 28.9 Å². The van der Waals surface area contributed by atoms with Crippen LogP contribution in [0.1, 0.15) is 5.56 Å². The summed E-state index contributed by atoms with van der Waals surface area (Å²) in [6.07, 6.45) is 1.60. The minimum atomic E-state index is -0.237. The molecule has 0 radical (unpaired) electrons. The molecule has 1 aromatic heterocycles. The molecule has 0 saturated heterocycles. The number of isothiocyanates is 1. The van der Waals surface area contributed by atoms with Gasteiger partial charge in [-0.3, -0.25) is 0 Å². The van der Waals surface area contributed by atoms with Crippen molar-refractivity contribution in [3.63, 3.8) is 0 Å². The fourth-order valence-corrected chi connectivity index (χ4v) is 1.51. The van der Waals surface area contributed by atoms with E-state index in [0.29, 0.717) is 12.2 Å². The van der Waals surface area contributed by atoms with E-state index in [9.17, 15) is 4.39 Å². The molecule has 3 nitrogen and oxygen atoms in total. The number of halogens is 1. The summed E-state index contributed by atoms with van der Waals surface area (Å²) in [6.45, 7) is 0.586. The number of hydrogen-bond donors (Lipinski definition) is 1. The zero-order valence-electron chi connectivity index (χ0n) is 9.43. The summed E-state index contributed by atoms with van der Waals surface area (Å²) in [4.78, 5) is 7.97. The Hall–Kier alpha value is -2.10. The Morgan fingerprint density at radius 2 is 2.00 bits per heavy atom. The van der Waals surface area contributed by atoms with E-state index in [2.05, 4.69) is 32.7 Å². The van der Waals surface area contributed by atoms with Crippen molar-refractivity contribution in [3.05, 3.63) is 54.0 Å². The molecule has 0 saturated carbocycles. The quantitative estimate of drug-likeness (QED) is 0.673. The standard InChI is InChI=1S/C13H10FN3S/c14-11-3-1-10(2-4-11)7-15-13-6-5-12(8-16-13)17-9-18/h1-6,8H,7H2,(H,15,16). The Morgan fingerprint density at radius 3 is 2.61 bits per heavy atom. The Labute approximate surface area is 109 Å². The summed E-state index contributed by atoms with van der Waals surface area (Å²) in [5.74, 6) is 0.488. The van der Waals surface area contributed by atoms with Crippen molar-refractivity contribution in [2.45, 2.75) is 6.54 Å². The van der Waals surface area contributed by atoms with Gasteiger partial charge in [0.1, 0.15) is 11.6 Å². The van der Waals surface area contributed by atoms with Gasteiger partial charge in [0.25, 0.3) is 0 Å². The fraction of sp³-hybridized carbons (Fsp3) is 0.0769. The van der Waals surface area contributed by atoms with Crippen LogP contribution in [0.4, 0.5) is 15.9 Å². The second-order valence-electron chi connectivity index (χ2n) is 3.58. The molecule has 1 N–H and O–H groups in total. The fourth-order valence-electron chi connectivity index (χ4n) is 1.40. The highest BCUT2D eigenvalue weighted by Crippen LogP contribution is 2.13. The van der Waals surface area contributed by atoms with E-state index in [4.69, 9.17) is 0 Å². The predicted octanol–water partition coefficient (Wildman–Crippen LogP) is 3.57. The van der Waals surface area contributed by atoms with Crippen LogP contribution in [0.15, 0.2) is 47.6 Å². The maximum Gasteiger partial charge on any atom is 0.126 e. The van der Waals surface area contributed by atoms with Crippen LogP contribution in [0.25, 0.3) is 0 Å². The molecule has 0 bridgehead atoms. The number of hydrogen-bond acceptors (Lipinski definition) is 4. The lowest BCUT2D eigenvalue weighted by atomic mass is 10.2. The molecule has 0 atom stereocenters. The molecule has 2 rings (SSSR count). The highest BCUT2D eigenvalue weighted by atomic mass is 32.1. The van der Waals surface area contributed by atoms with Gasteiger partial charge in [-0.2, -0.15) is 4.99 Å². The summed E-state index contributed by atoms with van der Waals surface area (Å²) in [6, 6.07) is 9.91. The van der Waals surface area contributed by atoms with E-state index < -0.39 is 0 Å². The topological polar surface area (TPSA) is 37.3 Å². The molecule has 2 aromatic rings. The lowest BCUT2D eigenvalue weighted by Crippen LogP contribution is -2.00. The van der Waals surface area contributed by atoms with E-state index in [1.807, 2.05) is 0 Å². The maximum atomic E-state index is 12.7. The van der Waals surface area contributed by atoms with Crippen molar-refractivity contribution in [2.24, 2.45) is 4.99 Å². The smallest absolute Gasteiger partial charge is 0.126 e. The normalized spacial score (nSPS) is 9.61. The lowest BCUT2D eigenvalue weighted by Gasteiger charge is -2.05. The Balaban J connectivity index is 1.97. The monoisotopic (exact) mass is 259 g/mol. The summed E-state index contributed by atoms with van der Waals surface area (Å²) >= 11 is 4.50. The third kappa shape index (κ3) is 3.45. The highest BCUT2D eigenvalue weighted by Gasteiger charge is 1.96. The zero-order valence-corrected chi connectivity index (χ0v) is 10.2. The molecule has 1 aromatic carbocycles. The molecule has 0 aliphatic carbocycles. The van der Waals surface area contributed by atoms with Gasteiger partial charge in [-0.1, -0.05) is 12.1 Å². The van der Waals surface area contributed by atoms with Crippen LogP contribution in [0.2, 0.25) is 0 Å². The minimum absolute atomic E-state index is 0.237. The Bertz CT molecular complexity index is 560. The van der Waals surface area contributed by atoms with Crippen LogP contribution < -0.4 is 5.32 Å². The van der Waals surface area contributed by atoms with Crippen LogP contribution in [-0.4, -0.2) is 10.1 Å². The van der Waals surface area contributed by atoms with Crippen LogP contribution in [-0.2, 0) is 6.54 Å². The molecule has 1 heterocycles. The molecule has 90 valence electrons. The van der Waals surface area contributed by atoms with Crippen molar-refractivity contribution in [3.8, 4) is 0 Å². The molecular weight excluding hydrogens is 249 g/mol. The van der Waals surface area contributed by atoms with E-state index in [0.717, 1.165) is 11.4 Å². The zero-order chi connectivity index (χ0) is 12.8. The van der Waals surface area contributed by atoms with Crippen LogP contribution in [0.3, 0.4) is 0 Å². The predicted molar refractivity (Wildman–Crippen MR) is 72.6 cm³/mol. The molecule has 0 amide bonds. The Morgan fingerprint density at radius 1 is 1.22 bits per heavy atom. The van der Waals surface area contributed by atoms with Crippen molar-refractivity contribution in [1.82, 2.24) is 4.98 Å². The summed E-state index contributed by atoms with van der Waals surface area (Å²) in [7, 11) is 0. The van der Waals surface area contributed by atoms with E-state index >= 15 is 0 Å². The third-order valence-corrected chi connectivity index (χ3v) is 2.40. The van der Waals surface area contributed by atoms with Crippen LogP contribution in [0.5, 0.6) is 0 Å². The average Bonchev–Trinajstić information content (AvgIpc) is 2.40. The van der Waals surface area contributed by atoms with Gasteiger partial charge in [-0.15, -0.1) is 0 Å². The van der Waals surface area contributed by atoms with E-state index in [-0.39, 0.29) is 5.82 Å². The van der Waals surface area contributed by atoms with Crippen molar-refractivity contribution in [1.29, 1.82) is 0 Å². The largest absolute Gasteiger partial charge is 0.366 e. The third-order valence-electron chi connectivity index (χ3n) is 2.31. The molecule has 0 fully saturated rings.